The van der Waals surface area contributed by atoms with E-state index in [0.717, 1.165) is 11.1 Å². The Kier molecular flexibility index (Phi) is 6.98. The standard InChI is InChI=1S/C26H30N4O4/c1-26(25(32)27-13-8-14-33-2)18-30-23(16-22(28-30)20-10-5-4-6-11-20)24(31)29(26)17-19-9-7-12-21(15-19)34-3/h4-7,9-12,15-16H,8,13-14,17-18H2,1-3H3,(H,27,32)/t26-/m1/s1. The molecule has 8 heteroatoms. The first-order valence-corrected chi connectivity index (χ1v) is 11.3. The molecule has 1 aliphatic heterocycles. The van der Waals surface area contributed by atoms with Crippen molar-refractivity contribution in [1.29, 1.82) is 0 Å². The molecular weight excluding hydrogens is 432 g/mol. The van der Waals surface area contributed by atoms with E-state index < -0.39 is 5.54 Å². The van der Waals surface area contributed by atoms with Gasteiger partial charge in [-0.15, -0.1) is 0 Å². The van der Waals surface area contributed by atoms with Gasteiger partial charge in [0.15, 0.2) is 0 Å². The minimum Gasteiger partial charge on any atom is -0.497 e. The van der Waals surface area contributed by atoms with Crippen LogP contribution in [0.5, 0.6) is 5.75 Å². The third kappa shape index (κ3) is 4.68. The zero-order valence-corrected chi connectivity index (χ0v) is 19.8. The van der Waals surface area contributed by atoms with Crippen molar-refractivity contribution in [3.63, 3.8) is 0 Å². The zero-order valence-electron chi connectivity index (χ0n) is 19.8. The molecule has 2 amide bonds. The normalized spacial score (nSPS) is 17.4. The maximum Gasteiger partial charge on any atom is 0.273 e. The second kappa shape index (κ2) is 10.1. The second-order valence-corrected chi connectivity index (χ2v) is 8.56. The highest BCUT2D eigenvalue weighted by Gasteiger charge is 2.47. The number of ether oxygens (including phenoxy) is 2. The van der Waals surface area contributed by atoms with Crippen molar-refractivity contribution < 1.29 is 19.1 Å². The minimum absolute atomic E-state index is 0.220. The van der Waals surface area contributed by atoms with Gasteiger partial charge in [0.25, 0.3) is 5.91 Å². The molecular formula is C26H30N4O4. The molecule has 34 heavy (non-hydrogen) atoms. The summed E-state index contributed by atoms with van der Waals surface area (Å²) in [5, 5.41) is 7.65. The lowest BCUT2D eigenvalue weighted by Crippen LogP contribution is -2.63. The lowest BCUT2D eigenvalue weighted by Gasteiger charge is -2.43. The summed E-state index contributed by atoms with van der Waals surface area (Å²) in [5.41, 5.74) is 1.84. The van der Waals surface area contributed by atoms with Gasteiger partial charge in [0.05, 0.1) is 19.3 Å². The van der Waals surface area contributed by atoms with E-state index in [4.69, 9.17) is 9.47 Å². The SMILES string of the molecule is COCCCNC(=O)[C@@]1(C)Cn2nc(-c3ccccc3)cc2C(=O)N1Cc1cccc(OC)c1. The predicted octanol–water partition coefficient (Wildman–Crippen LogP) is 3.13. The van der Waals surface area contributed by atoms with Crippen molar-refractivity contribution in [2.75, 3.05) is 27.4 Å². The quantitative estimate of drug-likeness (QED) is 0.494. The van der Waals surface area contributed by atoms with Crippen LogP contribution in [0.4, 0.5) is 0 Å². The number of aromatic nitrogens is 2. The summed E-state index contributed by atoms with van der Waals surface area (Å²) in [7, 11) is 3.23. The second-order valence-electron chi connectivity index (χ2n) is 8.56. The number of hydrogen-bond acceptors (Lipinski definition) is 5. The van der Waals surface area contributed by atoms with E-state index in [2.05, 4.69) is 10.4 Å². The topological polar surface area (TPSA) is 85.7 Å². The average Bonchev–Trinajstić information content (AvgIpc) is 3.29. The van der Waals surface area contributed by atoms with Crippen LogP contribution in [0, 0.1) is 0 Å². The fourth-order valence-electron chi connectivity index (χ4n) is 4.20. The Bertz CT molecular complexity index is 1160. The molecule has 0 saturated carbocycles. The molecule has 0 bridgehead atoms. The van der Waals surface area contributed by atoms with Gasteiger partial charge in [-0.2, -0.15) is 5.10 Å². The van der Waals surface area contributed by atoms with E-state index in [1.165, 1.54) is 0 Å². The van der Waals surface area contributed by atoms with Crippen molar-refractivity contribution in [2.45, 2.75) is 32.0 Å². The van der Waals surface area contributed by atoms with Crippen LogP contribution in [0.1, 0.15) is 29.4 Å². The molecule has 1 aromatic heterocycles. The summed E-state index contributed by atoms with van der Waals surface area (Å²) in [6.07, 6.45) is 0.688. The molecule has 178 valence electrons. The fraction of sp³-hybridized carbons (Fsp3) is 0.346. The molecule has 0 fully saturated rings. The summed E-state index contributed by atoms with van der Waals surface area (Å²) in [5.74, 6) is 0.240. The summed E-state index contributed by atoms with van der Waals surface area (Å²) < 4.78 is 12.1. The lowest BCUT2D eigenvalue weighted by atomic mass is 9.94. The number of amides is 2. The Labute approximate surface area is 199 Å². The van der Waals surface area contributed by atoms with Crippen molar-refractivity contribution in [3.05, 3.63) is 71.9 Å². The van der Waals surface area contributed by atoms with E-state index in [-0.39, 0.29) is 24.9 Å². The molecule has 2 heterocycles. The van der Waals surface area contributed by atoms with Crippen LogP contribution < -0.4 is 10.1 Å². The highest BCUT2D eigenvalue weighted by molar-refractivity contribution is 6.00. The molecule has 1 atom stereocenters. The van der Waals surface area contributed by atoms with Crippen molar-refractivity contribution in [3.8, 4) is 17.0 Å². The molecule has 0 spiro atoms. The molecule has 0 radical (unpaired) electrons. The van der Waals surface area contributed by atoms with Gasteiger partial charge < -0.3 is 19.7 Å². The van der Waals surface area contributed by atoms with Gasteiger partial charge >= 0.3 is 0 Å². The molecule has 8 nitrogen and oxygen atoms in total. The Hall–Kier alpha value is -3.65. The van der Waals surface area contributed by atoms with Crippen molar-refractivity contribution >= 4 is 11.8 Å². The van der Waals surface area contributed by atoms with Gasteiger partial charge in [-0.25, -0.2) is 0 Å². The molecule has 2 aromatic carbocycles. The summed E-state index contributed by atoms with van der Waals surface area (Å²) >= 11 is 0. The number of carbonyl (C=O) groups is 2. The molecule has 0 saturated heterocycles. The average molecular weight is 463 g/mol. The van der Waals surface area contributed by atoms with E-state index >= 15 is 0 Å². The summed E-state index contributed by atoms with van der Waals surface area (Å²) in [6, 6.07) is 19.0. The maximum atomic E-state index is 13.8. The smallest absolute Gasteiger partial charge is 0.273 e. The van der Waals surface area contributed by atoms with Crippen molar-refractivity contribution in [1.82, 2.24) is 20.0 Å². The monoisotopic (exact) mass is 462 g/mol. The van der Waals surface area contributed by atoms with E-state index in [1.54, 1.807) is 36.8 Å². The summed E-state index contributed by atoms with van der Waals surface area (Å²) in [4.78, 5) is 28.8. The number of carbonyl (C=O) groups excluding carboxylic acids is 2. The molecule has 4 rings (SSSR count). The molecule has 1 N–H and O–H groups in total. The molecule has 0 unspecified atom stereocenters. The zero-order chi connectivity index (χ0) is 24.1. The maximum absolute atomic E-state index is 13.8. The van der Waals surface area contributed by atoms with Crippen LogP contribution >= 0.6 is 0 Å². The first-order chi connectivity index (χ1) is 16.5. The van der Waals surface area contributed by atoms with Gasteiger partial charge in [-0.05, 0) is 37.1 Å². The van der Waals surface area contributed by atoms with Gasteiger partial charge in [-0.1, -0.05) is 42.5 Å². The van der Waals surface area contributed by atoms with Gasteiger partial charge in [0.2, 0.25) is 5.91 Å². The largest absolute Gasteiger partial charge is 0.497 e. The van der Waals surface area contributed by atoms with E-state index in [0.29, 0.717) is 36.7 Å². The van der Waals surface area contributed by atoms with Crippen LogP contribution in [0.3, 0.4) is 0 Å². The first-order valence-electron chi connectivity index (χ1n) is 11.3. The number of benzene rings is 2. The lowest BCUT2D eigenvalue weighted by molar-refractivity contribution is -0.133. The van der Waals surface area contributed by atoms with Gasteiger partial charge in [-0.3, -0.25) is 14.3 Å². The highest BCUT2D eigenvalue weighted by Crippen LogP contribution is 2.32. The first kappa shape index (κ1) is 23.5. The van der Waals surface area contributed by atoms with E-state index in [1.807, 2.05) is 54.6 Å². The third-order valence-electron chi connectivity index (χ3n) is 6.14. The fourth-order valence-corrected chi connectivity index (χ4v) is 4.20. The minimum atomic E-state index is -1.12. The molecule has 3 aromatic rings. The van der Waals surface area contributed by atoms with Gasteiger partial charge in [0, 0.05) is 32.4 Å². The molecule has 1 aliphatic rings. The van der Waals surface area contributed by atoms with Crippen LogP contribution in [0.2, 0.25) is 0 Å². The Morgan fingerprint density at radius 1 is 1.12 bits per heavy atom. The number of nitrogens with one attached hydrogen (secondary N) is 1. The van der Waals surface area contributed by atoms with Gasteiger partial charge in [0.1, 0.15) is 17.0 Å². The highest BCUT2D eigenvalue weighted by atomic mass is 16.5. The Balaban J connectivity index is 1.69. The number of rotatable bonds is 9. The van der Waals surface area contributed by atoms with Crippen molar-refractivity contribution in [2.24, 2.45) is 0 Å². The number of nitrogens with zero attached hydrogens (tertiary/aromatic N) is 3. The number of hydrogen-bond donors (Lipinski definition) is 1. The van der Waals surface area contributed by atoms with Crippen LogP contribution in [-0.4, -0.2) is 59.4 Å². The summed E-state index contributed by atoms with van der Waals surface area (Å²) in [6.45, 7) is 3.33. The van der Waals surface area contributed by atoms with Crippen LogP contribution in [-0.2, 0) is 22.6 Å². The Morgan fingerprint density at radius 3 is 2.65 bits per heavy atom. The van der Waals surface area contributed by atoms with Crippen LogP contribution in [0.25, 0.3) is 11.3 Å². The van der Waals surface area contributed by atoms with Crippen LogP contribution in [0.15, 0.2) is 60.7 Å². The number of methoxy groups -OCH3 is 2. The number of fused-ring (bicyclic) bond motifs is 1. The third-order valence-corrected chi connectivity index (χ3v) is 6.14. The van der Waals surface area contributed by atoms with E-state index in [9.17, 15) is 9.59 Å². The predicted molar refractivity (Wildman–Crippen MR) is 128 cm³/mol. The Morgan fingerprint density at radius 2 is 1.91 bits per heavy atom. The molecule has 0 aliphatic carbocycles.